The third kappa shape index (κ3) is 3.58. The van der Waals surface area contributed by atoms with Crippen LogP contribution in [0.25, 0.3) is 0 Å². The van der Waals surface area contributed by atoms with Crippen LogP contribution in [-0.2, 0) is 9.09 Å². The Bertz CT molecular complexity index is 723. The summed E-state index contributed by atoms with van der Waals surface area (Å²) >= 11 is 0. The zero-order valence-corrected chi connectivity index (χ0v) is 14.1. The van der Waals surface area contributed by atoms with E-state index < -0.39 is 14.2 Å². The summed E-state index contributed by atoms with van der Waals surface area (Å²) in [5.74, 6) is -0.203. The normalized spacial score (nSPS) is 11.8. The summed E-state index contributed by atoms with van der Waals surface area (Å²) in [6, 6.07) is 10.6. The Labute approximate surface area is 131 Å². The van der Waals surface area contributed by atoms with E-state index in [2.05, 4.69) is 0 Å². The van der Waals surface area contributed by atoms with Crippen LogP contribution in [0.4, 0.5) is 0 Å². The first-order valence-corrected chi connectivity index (χ1v) is 8.19. The van der Waals surface area contributed by atoms with Gasteiger partial charge >= 0.3 is 14.2 Å². The Kier molecular flexibility index (Phi) is 5.04. The van der Waals surface area contributed by atoms with Crippen molar-refractivity contribution in [1.82, 2.24) is 0 Å². The number of hydrogen-bond acceptors (Lipinski definition) is 4. The molecule has 0 bridgehead atoms. The van der Waals surface area contributed by atoms with Crippen LogP contribution >= 0.6 is 8.25 Å². The summed E-state index contributed by atoms with van der Waals surface area (Å²) < 4.78 is 22.0. The highest BCUT2D eigenvalue weighted by Crippen LogP contribution is 2.31. The molecule has 0 N–H and O–H groups in total. The SMILES string of the molecule is Cc1cc(C)c(C(=O)O[PH](=O)Oc2ccccc2)c(C)c1C. The molecule has 1 atom stereocenters. The van der Waals surface area contributed by atoms with Gasteiger partial charge in [0.15, 0.2) is 0 Å². The Morgan fingerprint density at radius 3 is 2.23 bits per heavy atom. The Morgan fingerprint density at radius 2 is 1.59 bits per heavy atom. The maximum atomic E-state index is 12.3. The van der Waals surface area contributed by atoms with Gasteiger partial charge in [-0.3, -0.25) is 0 Å². The molecule has 0 aliphatic heterocycles. The monoisotopic (exact) mass is 318 g/mol. The lowest BCUT2D eigenvalue weighted by Crippen LogP contribution is -2.08. The maximum absolute atomic E-state index is 12.3. The Morgan fingerprint density at radius 1 is 0.955 bits per heavy atom. The maximum Gasteiger partial charge on any atom is 0.421 e. The molecule has 0 aliphatic rings. The first-order valence-electron chi connectivity index (χ1n) is 6.96. The highest BCUT2D eigenvalue weighted by molar-refractivity contribution is 7.34. The molecule has 0 aliphatic carbocycles. The molecule has 5 heteroatoms. The minimum Gasteiger partial charge on any atom is -0.418 e. The second-order valence-electron chi connectivity index (χ2n) is 5.19. The zero-order chi connectivity index (χ0) is 16.3. The van der Waals surface area contributed by atoms with Crippen molar-refractivity contribution in [2.45, 2.75) is 27.7 Å². The molecule has 0 saturated heterocycles. The lowest BCUT2D eigenvalue weighted by Gasteiger charge is -2.14. The van der Waals surface area contributed by atoms with Gasteiger partial charge in [0.1, 0.15) is 5.75 Å². The molecule has 0 amide bonds. The minimum atomic E-state index is -2.94. The van der Waals surface area contributed by atoms with E-state index in [-0.39, 0.29) is 0 Å². The van der Waals surface area contributed by atoms with E-state index in [4.69, 9.17) is 9.05 Å². The molecule has 2 aromatic carbocycles. The molecular weight excluding hydrogens is 299 g/mol. The van der Waals surface area contributed by atoms with Crippen LogP contribution in [-0.4, -0.2) is 5.97 Å². The summed E-state index contributed by atoms with van der Waals surface area (Å²) in [4.78, 5) is 12.3. The van der Waals surface area contributed by atoms with Gasteiger partial charge in [-0.1, -0.05) is 24.3 Å². The second kappa shape index (κ2) is 6.80. The van der Waals surface area contributed by atoms with E-state index in [0.717, 1.165) is 22.3 Å². The molecule has 4 nitrogen and oxygen atoms in total. The van der Waals surface area contributed by atoms with Crippen molar-refractivity contribution in [2.24, 2.45) is 0 Å². The smallest absolute Gasteiger partial charge is 0.418 e. The molecule has 116 valence electrons. The van der Waals surface area contributed by atoms with Crippen LogP contribution in [0.3, 0.4) is 0 Å². The zero-order valence-electron chi connectivity index (χ0n) is 13.1. The number of aryl methyl sites for hydroxylation is 2. The molecule has 0 fully saturated rings. The standard InChI is InChI=1S/C17H19O4P/c1-11-10-12(2)16(14(4)13(11)3)17(18)21-22(19)20-15-8-6-5-7-9-15/h5-10,22H,1-4H3. The molecule has 2 aromatic rings. The predicted octanol–water partition coefficient (Wildman–Crippen LogP) is 4.55. The molecule has 1 unspecified atom stereocenters. The van der Waals surface area contributed by atoms with Gasteiger partial charge in [-0.15, -0.1) is 0 Å². The third-order valence-corrected chi connectivity index (χ3v) is 4.44. The Hall–Kier alpha value is -2.06. The first kappa shape index (κ1) is 16.3. The van der Waals surface area contributed by atoms with E-state index in [1.54, 1.807) is 24.3 Å². The predicted molar refractivity (Wildman–Crippen MR) is 86.9 cm³/mol. The van der Waals surface area contributed by atoms with E-state index in [9.17, 15) is 9.36 Å². The fourth-order valence-corrected chi connectivity index (χ4v) is 2.95. The first-order chi connectivity index (χ1) is 10.4. The van der Waals surface area contributed by atoms with Gasteiger partial charge in [-0.25, -0.2) is 9.36 Å². The molecule has 0 aromatic heterocycles. The summed E-state index contributed by atoms with van der Waals surface area (Å²) in [5, 5.41) is 0. The molecular formula is C17H19O4P. The summed E-state index contributed by atoms with van der Waals surface area (Å²) in [7, 11) is -2.94. The van der Waals surface area contributed by atoms with E-state index in [0.29, 0.717) is 11.3 Å². The van der Waals surface area contributed by atoms with Crippen LogP contribution in [0.1, 0.15) is 32.6 Å². The third-order valence-electron chi connectivity index (χ3n) is 3.68. The van der Waals surface area contributed by atoms with E-state index in [1.807, 2.05) is 39.8 Å². The van der Waals surface area contributed by atoms with Gasteiger partial charge in [-0.2, -0.15) is 0 Å². The Balaban J connectivity index is 2.16. The van der Waals surface area contributed by atoms with Gasteiger partial charge in [0.05, 0.1) is 5.56 Å². The average molecular weight is 318 g/mol. The van der Waals surface area contributed by atoms with E-state index in [1.165, 1.54) is 0 Å². The van der Waals surface area contributed by atoms with Crippen LogP contribution < -0.4 is 4.52 Å². The molecule has 22 heavy (non-hydrogen) atoms. The number of carbonyl (C=O) groups is 1. The summed E-state index contributed by atoms with van der Waals surface area (Å²) in [6.45, 7) is 7.64. The van der Waals surface area contributed by atoms with Crippen LogP contribution in [0, 0.1) is 27.7 Å². The van der Waals surface area contributed by atoms with Crippen LogP contribution in [0.15, 0.2) is 36.4 Å². The summed E-state index contributed by atoms with van der Waals surface area (Å²) in [6.07, 6.45) is 0. The van der Waals surface area contributed by atoms with Gasteiger partial charge in [0.2, 0.25) is 0 Å². The average Bonchev–Trinajstić information content (AvgIpc) is 2.45. The molecule has 2 rings (SSSR count). The van der Waals surface area contributed by atoms with E-state index >= 15 is 0 Å². The fourth-order valence-electron chi connectivity index (χ4n) is 2.33. The van der Waals surface area contributed by atoms with Crippen molar-refractivity contribution in [3.8, 4) is 5.75 Å². The van der Waals surface area contributed by atoms with Crippen LogP contribution in [0.5, 0.6) is 5.75 Å². The van der Waals surface area contributed by atoms with Gasteiger partial charge in [-0.05, 0) is 62.1 Å². The number of rotatable bonds is 4. The number of benzene rings is 2. The largest absolute Gasteiger partial charge is 0.421 e. The lowest BCUT2D eigenvalue weighted by atomic mass is 9.94. The van der Waals surface area contributed by atoms with Crippen molar-refractivity contribution >= 4 is 14.2 Å². The highest BCUT2D eigenvalue weighted by atomic mass is 31.1. The number of para-hydroxylation sites is 1. The molecule has 0 heterocycles. The minimum absolute atomic E-state index is 0.410. The fraction of sp³-hybridized carbons (Fsp3) is 0.235. The highest BCUT2D eigenvalue weighted by Gasteiger charge is 2.19. The van der Waals surface area contributed by atoms with Crippen molar-refractivity contribution in [1.29, 1.82) is 0 Å². The topological polar surface area (TPSA) is 52.6 Å². The summed E-state index contributed by atoms with van der Waals surface area (Å²) in [5.41, 5.74) is 4.25. The van der Waals surface area contributed by atoms with Gasteiger partial charge in [0.25, 0.3) is 0 Å². The quantitative estimate of drug-likeness (QED) is 0.776. The lowest BCUT2D eigenvalue weighted by molar-refractivity contribution is 0.0731. The van der Waals surface area contributed by atoms with Gasteiger partial charge < -0.3 is 9.05 Å². The van der Waals surface area contributed by atoms with Crippen molar-refractivity contribution < 1.29 is 18.4 Å². The van der Waals surface area contributed by atoms with Gasteiger partial charge in [0, 0.05) is 0 Å². The van der Waals surface area contributed by atoms with Crippen molar-refractivity contribution in [3.05, 3.63) is 64.2 Å². The van der Waals surface area contributed by atoms with Crippen molar-refractivity contribution in [2.75, 3.05) is 0 Å². The molecule has 0 spiro atoms. The van der Waals surface area contributed by atoms with Crippen LogP contribution in [0.2, 0.25) is 0 Å². The molecule has 0 radical (unpaired) electrons. The molecule has 0 saturated carbocycles. The van der Waals surface area contributed by atoms with Crippen molar-refractivity contribution in [3.63, 3.8) is 0 Å². The number of carbonyl (C=O) groups excluding carboxylic acids is 1. The number of hydrogen-bond donors (Lipinski definition) is 0. The second-order valence-corrected chi connectivity index (χ2v) is 6.10.